The number of rotatable bonds is 4. The highest BCUT2D eigenvalue weighted by Gasteiger charge is 2.30. The van der Waals surface area contributed by atoms with Crippen molar-refractivity contribution in [2.75, 3.05) is 33.3 Å². The van der Waals surface area contributed by atoms with Gasteiger partial charge in [-0.25, -0.2) is 0 Å². The maximum Gasteiger partial charge on any atom is 0.128 e. The number of ether oxygens (including phenoxy) is 1. The Morgan fingerprint density at radius 1 is 1.22 bits per heavy atom. The molecule has 0 radical (unpaired) electrons. The number of aliphatic hydroxyl groups excluding tert-OH is 1. The van der Waals surface area contributed by atoms with Crippen molar-refractivity contribution in [2.45, 2.75) is 52.2 Å². The molecule has 23 heavy (non-hydrogen) atoms. The van der Waals surface area contributed by atoms with E-state index >= 15 is 0 Å². The average Bonchev–Trinajstić information content (AvgIpc) is 2.52. The molecule has 4 nitrogen and oxygen atoms in total. The molecule has 1 saturated heterocycles. The third-order valence-corrected chi connectivity index (χ3v) is 4.78. The van der Waals surface area contributed by atoms with Gasteiger partial charge in [0.25, 0.3) is 0 Å². The molecule has 2 unspecified atom stereocenters. The van der Waals surface area contributed by atoms with E-state index in [-0.39, 0.29) is 11.5 Å². The van der Waals surface area contributed by atoms with Gasteiger partial charge in [-0.05, 0) is 25.3 Å². The zero-order chi connectivity index (χ0) is 17.2. The van der Waals surface area contributed by atoms with E-state index in [0.717, 1.165) is 48.6 Å². The summed E-state index contributed by atoms with van der Waals surface area (Å²) in [5, 5.41) is 14.4. The summed E-state index contributed by atoms with van der Waals surface area (Å²) in [7, 11) is 1.70. The first-order chi connectivity index (χ1) is 10.8. The summed E-state index contributed by atoms with van der Waals surface area (Å²) in [6, 6.07) is 4.31. The summed E-state index contributed by atoms with van der Waals surface area (Å²) >= 11 is 0. The van der Waals surface area contributed by atoms with E-state index in [1.165, 1.54) is 0 Å². The minimum absolute atomic E-state index is 0.0237. The van der Waals surface area contributed by atoms with Crippen molar-refractivity contribution in [1.82, 2.24) is 10.2 Å². The Morgan fingerprint density at radius 3 is 2.35 bits per heavy atom. The van der Waals surface area contributed by atoms with E-state index in [1.54, 1.807) is 7.11 Å². The minimum Gasteiger partial charge on any atom is -0.496 e. The van der Waals surface area contributed by atoms with Crippen LogP contribution in [0, 0.1) is 6.92 Å². The van der Waals surface area contributed by atoms with Gasteiger partial charge in [-0.15, -0.1) is 0 Å². The lowest BCUT2D eigenvalue weighted by Gasteiger charge is -2.36. The molecule has 0 spiro atoms. The lowest BCUT2D eigenvalue weighted by molar-refractivity contribution is 0.0493. The van der Waals surface area contributed by atoms with Crippen LogP contribution in [-0.4, -0.2) is 49.3 Å². The summed E-state index contributed by atoms with van der Waals surface area (Å²) in [4.78, 5) is 2.35. The Kier molecular flexibility index (Phi) is 5.71. The van der Waals surface area contributed by atoms with Crippen LogP contribution in [0.5, 0.6) is 5.75 Å². The van der Waals surface area contributed by atoms with Gasteiger partial charge in [-0.3, -0.25) is 4.90 Å². The highest BCUT2D eigenvalue weighted by Crippen LogP contribution is 2.39. The number of hydrogen-bond acceptors (Lipinski definition) is 4. The molecule has 0 amide bonds. The van der Waals surface area contributed by atoms with Crippen molar-refractivity contribution in [1.29, 1.82) is 0 Å². The highest BCUT2D eigenvalue weighted by atomic mass is 16.5. The Morgan fingerprint density at radius 2 is 1.83 bits per heavy atom. The largest absolute Gasteiger partial charge is 0.496 e. The van der Waals surface area contributed by atoms with Crippen molar-refractivity contribution in [2.24, 2.45) is 0 Å². The molecule has 130 valence electrons. The molecule has 1 aliphatic rings. The van der Waals surface area contributed by atoms with Crippen molar-refractivity contribution in [3.8, 4) is 5.75 Å². The van der Waals surface area contributed by atoms with Crippen LogP contribution < -0.4 is 10.1 Å². The molecule has 1 aromatic rings. The second-order valence-corrected chi connectivity index (χ2v) is 7.66. The number of benzene rings is 1. The fraction of sp³-hybridized carbons (Fsp3) is 0.684. The van der Waals surface area contributed by atoms with Crippen LogP contribution in [-0.2, 0) is 5.41 Å². The van der Waals surface area contributed by atoms with Crippen LogP contribution in [0.15, 0.2) is 12.1 Å². The smallest absolute Gasteiger partial charge is 0.128 e. The first-order valence-corrected chi connectivity index (χ1v) is 8.57. The molecule has 2 atom stereocenters. The number of methoxy groups -OCH3 is 1. The van der Waals surface area contributed by atoms with Gasteiger partial charge in [0.1, 0.15) is 5.75 Å². The van der Waals surface area contributed by atoms with Gasteiger partial charge in [-0.1, -0.05) is 32.4 Å². The van der Waals surface area contributed by atoms with Gasteiger partial charge in [-0.2, -0.15) is 0 Å². The van der Waals surface area contributed by atoms with Crippen molar-refractivity contribution in [3.63, 3.8) is 0 Å². The quantitative estimate of drug-likeness (QED) is 0.895. The Labute approximate surface area is 140 Å². The number of nitrogens with zero attached hydrogens (tertiary/aromatic N) is 1. The van der Waals surface area contributed by atoms with E-state index < -0.39 is 6.10 Å². The molecule has 1 fully saturated rings. The molecule has 1 aliphatic heterocycles. The number of hydrogen-bond donors (Lipinski definition) is 2. The van der Waals surface area contributed by atoms with Gasteiger partial charge in [0.05, 0.1) is 13.2 Å². The topological polar surface area (TPSA) is 44.7 Å². The third-order valence-electron chi connectivity index (χ3n) is 4.78. The molecule has 0 aromatic heterocycles. The van der Waals surface area contributed by atoms with Gasteiger partial charge in [0.2, 0.25) is 0 Å². The minimum atomic E-state index is -0.552. The molecular formula is C19H32N2O2. The summed E-state index contributed by atoms with van der Waals surface area (Å²) in [6.45, 7) is 14.6. The normalized spacial score (nSPS) is 19.4. The lowest BCUT2D eigenvalue weighted by Crippen LogP contribution is -2.49. The fourth-order valence-corrected chi connectivity index (χ4v) is 3.35. The van der Waals surface area contributed by atoms with E-state index in [1.807, 2.05) is 0 Å². The Bertz CT molecular complexity index is 531. The molecule has 0 bridgehead atoms. The highest BCUT2D eigenvalue weighted by molar-refractivity contribution is 5.49. The van der Waals surface area contributed by atoms with E-state index in [9.17, 15) is 5.11 Å². The molecule has 2 N–H and O–H groups in total. The molecule has 0 saturated carbocycles. The first-order valence-electron chi connectivity index (χ1n) is 8.57. The van der Waals surface area contributed by atoms with Crippen molar-refractivity contribution < 1.29 is 9.84 Å². The molecule has 1 aromatic carbocycles. The maximum absolute atomic E-state index is 11.0. The fourth-order valence-electron chi connectivity index (χ4n) is 3.35. The summed E-state index contributed by atoms with van der Waals surface area (Å²) in [5.41, 5.74) is 3.20. The lowest BCUT2D eigenvalue weighted by atomic mass is 9.82. The zero-order valence-electron chi connectivity index (χ0n) is 15.4. The summed E-state index contributed by atoms with van der Waals surface area (Å²) in [6.07, 6.45) is -0.552. The van der Waals surface area contributed by atoms with Gasteiger partial charge < -0.3 is 15.2 Å². The third kappa shape index (κ3) is 4.06. The number of nitrogens with one attached hydrogen (secondary N) is 1. The number of aryl methyl sites for hydroxylation is 1. The number of piperazine rings is 1. The van der Waals surface area contributed by atoms with Crippen LogP contribution in [0.4, 0.5) is 0 Å². The Hall–Kier alpha value is -1.10. The van der Waals surface area contributed by atoms with Crippen molar-refractivity contribution >= 4 is 0 Å². The van der Waals surface area contributed by atoms with Crippen molar-refractivity contribution in [3.05, 3.63) is 28.8 Å². The summed E-state index contributed by atoms with van der Waals surface area (Å²) < 4.78 is 5.73. The molecule has 4 heteroatoms. The Balaban J connectivity index is 2.38. The molecule has 1 heterocycles. The zero-order valence-corrected chi connectivity index (χ0v) is 15.4. The second kappa shape index (κ2) is 7.20. The van der Waals surface area contributed by atoms with Gasteiger partial charge >= 0.3 is 0 Å². The van der Waals surface area contributed by atoms with Gasteiger partial charge in [0, 0.05) is 43.3 Å². The van der Waals surface area contributed by atoms with Crippen LogP contribution in [0.2, 0.25) is 0 Å². The second-order valence-electron chi connectivity index (χ2n) is 7.66. The van der Waals surface area contributed by atoms with Crippen LogP contribution in [0.3, 0.4) is 0 Å². The first kappa shape index (κ1) is 18.2. The molecule has 2 rings (SSSR count). The van der Waals surface area contributed by atoms with Crippen LogP contribution in [0.25, 0.3) is 0 Å². The maximum atomic E-state index is 11.0. The predicted octanol–water partition coefficient (Wildman–Crippen LogP) is 2.63. The molecule has 0 aliphatic carbocycles. The van der Waals surface area contributed by atoms with E-state index in [4.69, 9.17) is 4.74 Å². The number of aliphatic hydroxyl groups is 1. The standard InChI is InChI=1S/C19H32N2O2/c1-13-11-15(18(23-6)16(12-13)19(3,4)5)17(22)14(2)21-9-7-20-8-10-21/h11-12,14,17,20,22H,7-10H2,1-6H3. The van der Waals surface area contributed by atoms with Crippen LogP contribution >= 0.6 is 0 Å². The SMILES string of the molecule is COc1c(C(O)C(C)N2CCNCC2)cc(C)cc1C(C)(C)C. The summed E-state index contributed by atoms with van der Waals surface area (Å²) in [5.74, 6) is 0.831. The monoisotopic (exact) mass is 320 g/mol. The van der Waals surface area contributed by atoms with Gasteiger partial charge in [0.15, 0.2) is 0 Å². The van der Waals surface area contributed by atoms with E-state index in [0.29, 0.717) is 0 Å². The van der Waals surface area contributed by atoms with E-state index in [2.05, 4.69) is 57.0 Å². The predicted molar refractivity (Wildman–Crippen MR) is 95.3 cm³/mol. The molecular weight excluding hydrogens is 288 g/mol. The van der Waals surface area contributed by atoms with Crippen LogP contribution in [0.1, 0.15) is 50.5 Å². The average molecular weight is 320 g/mol.